The fourth-order valence-corrected chi connectivity index (χ4v) is 2.40. The van der Waals surface area contributed by atoms with Crippen LogP contribution in [0.15, 0.2) is 30.5 Å². The Balaban J connectivity index is 2.16. The molecule has 0 atom stereocenters. The smallest absolute Gasteiger partial charge is 0.195 e. The van der Waals surface area contributed by atoms with E-state index in [1.807, 2.05) is 47.5 Å². The number of H-pyrrole nitrogens is 1. The summed E-state index contributed by atoms with van der Waals surface area (Å²) in [5.74, 6) is 1.53. The predicted octanol–water partition coefficient (Wildman–Crippen LogP) is 2.65. The molecule has 3 rings (SSSR count). The molecule has 0 aliphatic carbocycles. The van der Waals surface area contributed by atoms with Gasteiger partial charge in [0.05, 0.1) is 24.6 Å². The third-order valence-corrected chi connectivity index (χ3v) is 3.81. The summed E-state index contributed by atoms with van der Waals surface area (Å²) in [5, 5.41) is 11.5. The molecule has 0 bridgehead atoms. The van der Waals surface area contributed by atoms with Gasteiger partial charge in [-0.15, -0.1) is 0 Å². The van der Waals surface area contributed by atoms with Crippen LogP contribution >= 0.6 is 12.2 Å². The number of aromatic amines is 1. The molecule has 2 heterocycles. The minimum Gasteiger partial charge on any atom is -0.494 e. The largest absolute Gasteiger partial charge is 0.494 e. The zero-order chi connectivity index (χ0) is 15.0. The van der Waals surface area contributed by atoms with Crippen molar-refractivity contribution in [3.05, 3.63) is 40.9 Å². The molecule has 0 amide bonds. The maximum atomic E-state index is 5.39. The van der Waals surface area contributed by atoms with Gasteiger partial charge in [0.25, 0.3) is 0 Å². The first-order chi connectivity index (χ1) is 10.1. The number of benzene rings is 1. The lowest BCUT2D eigenvalue weighted by molar-refractivity contribution is 0.411. The number of para-hydroxylation sites is 2. The molecule has 3 aromatic rings. The highest BCUT2D eigenvalue weighted by atomic mass is 32.1. The van der Waals surface area contributed by atoms with E-state index in [2.05, 4.69) is 15.3 Å². The van der Waals surface area contributed by atoms with E-state index < -0.39 is 0 Å². The molecule has 0 fully saturated rings. The Morgan fingerprint density at radius 2 is 2.05 bits per heavy atom. The highest BCUT2D eigenvalue weighted by molar-refractivity contribution is 7.71. The van der Waals surface area contributed by atoms with Gasteiger partial charge in [-0.25, -0.2) is 4.68 Å². The van der Waals surface area contributed by atoms with Gasteiger partial charge in [-0.1, -0.05) is 12.1 Å². The lowest BCUT2D eigenvalue weighted by atomic mass is 10.2. The highest BCUT2D eigenvalue weighted by Gasteiger charge is 2.16. The van der Waals surface area contributed by atoms with Crippen molar-refractivity contribution in [3.8, 4) is 22.8 Å². The Labute approximate surface area is 127 Å². The van der Waals surface area contributed by atoms with E-state index in [4.69, 9.17) is 17.0 Å². The van der Waals surface area contributed by atoms with E-state index in [9.17, 15) is 0 Å². The first-order valence-electron chi connectivity index (χ1n) is 6.43. The number of nitrogens with one attached hydrogen (secondary N) is 1. The maximum absolute atomic E-state index is 5.39. The van der Waals surface area contributed by atoms with Crippen LogP contribution in [0.2, 0.25) is 0 Å². The minimum absolute atomic E-state index is 0.578. The molecular formula is C14H15N5OS. The summed E-state index contributed by atoms with van der Waals surface area (Å²) in [7, 11) is 3.52. The summed E-state index contributed by atoms with van der Waals surface area (Å²) in [6.45, 7) is 1.99. The van der Waals surface area contributed by atoms with Crippen LogP contribution in [0.4, 0.5) is 0 Å². The molecule has 6 nitrogen and oxygen atoms in total. The van der Waals surface area contributed by atoms with E-state index >= 15 is 0 Å². The molecule has 7 heteroatoms. The van der Waals surface area contributed by atoms with Crippen LogP contribution in [-0.4, -0.2) is 31.7 Å². The van der Waals surface area contributed by atoms with Gasteiger partial charge in [-0.3, -0.25) is 5.10 Å². The van der Waals surface area contributed by atoms with Crippen LogP contribution in [-0.2, 0) is 7.05 Å². The zero-order valence-electron chi connectivity index (χ0n) is 12.0. The van der Waals surface area contributed by atoms with Gasteiger partial charge in [-0.2, -0.15) is 10.2 Å². The number of ether oxygens (including phenoxy) is 1. The molecule has 0 spiro atoms. The van der Waals surface area contributed by atoms with Crippen molar-refractivity contribution < 1.29 is 4.74 Å². The minimum atomic E-state index is 0.578. The van der Waals surface area contributed by atoms with Gasteiger partial charge in [0, 0.05) is 7.05 Å². The van der Waals surface area contributed by atoms with Crippen molar-refractivity contribution in [2.75, 3.05) is 7.11 Å². The summed E-state index contributed by atoms with van der Waals surface area (Å²) in [4.78, 5) is 0. The Morgan fingerprint density at radius 1 is 1.29 bits per heavy atom. The molecule has 0 radical (unpaired) electrons. The van der Waals surface area contributed by atoms with E-state index in [0.29, 0.717) is 4.77 Å². The van der Waals surface area contributed by atoms with Crippen LogP contribution < -0.4 is 4.74 Å². The number of hydrogen-bond acceptors (Lipinski definition) is 4. The first kappa shape index (κ1) is 13.6. The van der Waals surface area contributed by atoms with E-state index in [1.54, 1.807) is 13.3 Å². The molecule has 0 saturated carbocycles. The third-order valence-electron chi connectivity index (χ3n) is 3.44. The fourth-order valence-electron chi connectivity index (χ4n) is 2.26. The van der Waals surface area contributed by atoms with Crippen molar-refractivity contribution in [1.82, 2.24) is 24.5 Å². The molecular weight excluding hydrogens is 286 g/mol. The number of aromatic nitrogens is 5. The Bertz CT molecular complexity index is 845. The summed E-state index contributed by atoms with van der Waals surface area (Å²) < 4.78 is 9.64. The van der Waals surface area contributed by atoms with Gasteiger partial charge in [0.2, 0.25) is 0 Å². The van der Waals surface area contributed by atoms with Gasteiger partial charge < -0.3 is 9.30 Å². The topological polar surface area (TPSA) is 60.7 Å². The van der Waals surface area contributed by atoms with Crippen molar-refractivity contribution in [2.45, 2.75) is 6.92 Å². The lowest BCUT2D eigenvalue weighted by Gasteiger charge is -2.10. The summed E-state index contributed by atoms with van der Waals surface area (Å²) in [6, 6.07) is 7.76. The number of rotatable bonds is 3. The zero-order valence-corrected chi connectivity index (χ0v) is 12.8. The predicted molar refractivity (Wildman–Crippen MR) is 82.2 cm³/mol. The Morgan fingerprint density at radius 3 is 2.71 bits per heavy atom. The molecule has 0 unspecified atom stereocenters. The number of methoxy groups -OCH3 is 1. The summed E-state index contributed by atoms with van der Waals surface area (Å²) >= 11 is 5.15. The van der Waals surface area contributed by atoms with Gasteiger partial charge in [0.1, 0.15) is 11.4 Å². The van der Waals surface area contributed by atoms with Crippen LogP contribution in [0, 0.1) is 11.7 Å². The second-order valence-electron chi connectivity index (χ2n) is 4.64. The maximum Gasteiger partial charge on any atom is 0.195 e. The third kappa shape index (κ3) is 2.15. The van der Waals surface area contributed by atoms with Crippen LogP contribution in [0.1, 0.15) is 5.69 Å². The fraction of sp³-hybridized carbons (Fsp3) is 0.214. The summed E-state index contributed by atoms with van der Waals surface area (Å²) in [6.07, 6.45) is 1.78. The SMILES string of the molecule is COc1ccccc1-n1ncc(-c2n[nH]c(=S)n2C)c1C. The molecule has 0 aliphatic rings. The van der Waals surface area contributed by atoms with Crippen molar-refractivity contribution >= 4 is 12.2 Å². The van der Waals surface area contributed by atoms with E-state index in [1.165, 1.54) is 0 Å². The van der Waals surface area contributed by atoms with E-state index in [-0.39, 0.29) is 0 Å². The average molecular weight is 301 g/mol. The van der Waals surface area contributed by atoms with Crippen LogP contribution in [0.3, 0.4) is 0 Å². The molecule has 1 aromatic carbocycles. The van der Waals surface area contributed by atoms with Gasteiger partial charge >= 0.3 is 0 Å². The number of hydrogen-bond donors (Lipinski definition) is 1. The second kappa shape index (κ2) is 5.17. The van der Waals surface area contributed by atoms with Crippen molar-refractivity contribution in [2.24, 2.45) is 7.05 Å². The molecule has 0 aliphatic heterocycles. The number of nitrogens with zero attached hydrogens (tertiary/aromatic N) is 4. The molecule has 1 N–H and O–H groups in total. The van der Waals surface area contributed by atoms with Crippen molar-refractivity contribution in [3.63, 3.8) is 0 Å². The first-order valence-corrected chi connectivity index (χ1v) is 6.84. The monoisotopic (exact) mass is 301 g/mol. The average Bonchev–Trinajstić information content (AvgIpc) is 3.03. The van der Waals surface area contributed by atoms with Crippen LogP contribution in [0.25, 0.3) is 17.1 Å². The van der Waals surface area contributed by atoms with Gasteiger partial charge in [0.15, 0.2) is 10.6 Å². The Kier molecular flexibility index (Phi) is 3.34. The quantitative estimate of drug-likeness (QED) is 0.756. The molecule has 0 saturated heterocycles. The second-order valence-corrected chi connectivity index (χ2v) is 5.03. The Hall–Kier alpha value is -2.41. The standard InChI is InChI=1S/C14H15N5OS/c1-9-10(13-16-17-14(21)18(13)2)8-15-19(9)11-6-4-5-7-12(11)20-3/h4-8H,1-3H3,(H,17,21). The van der Waals surface area contributed by atoms with Gasteiger partial charge in [-0.05, 0) is 31.3 Å². The molecule has 21 heavy (non-hydrogen) atoms. The normalized spacial score (nSPS) is 10.8. The molecule has 2 aromatic heterocycles. The molecule has 108 valence electrons. The van der Waals surface area contributed by atoms with Crippen molar-refractivity contribution in [1.29, 1.82) is 0 Å². The van der Waals surface area contributed by atoms with Crippen LogP contribution in [0.5, 0.6) is 5.75 Å². The highest BCUT2D eigenvalue weighted by Crippen LogP contribution is 2.27. The summed E-state index contributed by atoms with van der Waals surface area (Å²) in [5.41, 5.74) is 2.79. The van der Waals surface area contributed by atoms with E-state index in [0.717, 1.165) is 28.5 Å². The lowest BCUT2D eigenvalue weighted by Crippen LogP contribution is -2.02.